The zero-order valence-electron chi connectivity index (χ0n) is 8.85. The first-order valence-corrected chi connectivity index (χ1v) is 6.18. The van der Waals surface area contributed by atoms with E-state index in [4.69, 9.17) is 11.6 Å². The Balaban J connectivity index is 2.05. The fraction of sp³-hybridized carbons (Fsp3) is 0.538. The van der Waals surface area contributed by atoms with Crippen LogP contribution in [0, 0.1) is 0 Å². The van der Waals surface area contributed by atoms with Gasteiger partial charge in [0.25, 0.3) is 0 Å². The van der Waals surface area contributed by atoms with Gasteiger partial charge in [0.2, 0.25) is 0 Å². The second-order valence-electron chi connectivity index (χ2n) is 4.83. The maximum atomic E-state index is 6.11. The van der Waals surface area contributed by atoms with Gasteiger partial charge in [-0.1, -0.05) is 17.7 Å². The highest BCUT2D eigenvalue weighted by Gasteiger charge is 2.39. The lowest BCUT2D eigenvalue weighted by Crippen LogP contribution is -2.38. The van der Waals surface area contributed by atoms with E-state index in [1.54, 1.807) is 0 Å². The predicted molar refractivity (Wildman–Crippen MR) is 63.6 cm³/mol. The molecule has 1 aromatic rings. The molecule has 0 bridgehead atoms. The van der Waals surface area contributed by atoms with E-state index in [1.807, 2.05) is 6.07 Å². The van der Waals surface area contributed by atoms with E-state index in [2.05, 4.69) is 17.4 Å². The molecule has 0 aromatic heterocycles. The standard InChI is InChI=1S/C13H16ClN/c14-11-2-1-10-3-4-13(12(10)9-11)5-7-15-8-6-13/h1-2,9,15H,3-8H2. The summed E-state index contributed by atoms with van der Waals surface area (Å²) in [6.45, 7) is 2.32. The smallest absolute Gasteiger partial charge is 0.0409 e. The van der Waals surface area contributed by atoms with E-state index in [9.17, 15) is 0 Å². The van der Waals surface area contributed by atoms with Crippen molar-refractivity contribution >= 4 is 11.6 Å². The number of hydrogen-bond donors (Lipinski definition) is 1. The number of piperidine rings is 1. The van der Waals surface area contributed by atoms with Crippen LogP contribution in [0.25, 0.3) is 0 Å². The molecule has 80 valence electrons. The quantitative estimate of drug-likeness (QED) is 0.711. The molecular formula is C13H16ClN. The topological polar surface area (TPSA) is 12.0 Å². The lowest BCUT2D eigenvalue weighted by atomic mass is 9.74. The summed E-state index contributed by atoms with van der Waals surface area (Å²) in [5, 5.41) is 4.35. The Hall–Kier alpha value is -0.530. The summed E-state index contributed by atoms with van der Waals surface area (Å²) in [5.41, 5.74) is 3.52. The van der Waals surface area contributed by atoms with Gasteiger partial charge in [0, 0.05) is 5.02 Å². The summed E-state index contributed by atoms with van der Waals surface area (Å²) in [4.78, 5) is 0. The summed E-state index contributed by atoms with van der Waals surface area (Å²) in [7, 11) is 0. The van der Waals surface area contributed by atoms with Crippen LogP contribution in [0.15, 0.2) is 18.2 Å². The Morgan fingerprint density at radius 2 is 1.93 bits per heavy atom. The Bertz CT molecular complexity index is 375. The Kier molecular flexibility index (Phi) is 2.26. The third-order valence-electron chi connectivity index (χ3n) is 4.08. The molecule has 0 saturated carbocycles. The highest BCUT2D eigenvalue weighted by molar-refractivity contribution is 6.30. The van der Waals surface area contributed by atoms with Crippen molar-refractivity contribution in [1.82, 2.24) is 5.32 Å². The number of rotatable bonds is 0. The average molecular weight is 222 g/mol. The lowest BCUT2D eigenvalue weighted by Gasteiger charge is -2.35. The number of nitrogens with one attached hydrogen (secondary N) is 1. The lowest BCUT2D eigenvalue weighted by molar-refractivity contribution is 0.306. The fourth-order valence-electron chi connectivity index (χ4n) is 3.19. The van der Waals surface area contributed by atoms with Gasteiger partial charge in [0.05, 0.1) is 0 Å². The van der Waals surface area contributed by atoms with E-state index in [-0.39, 0.29) is 0 Å². The predicted octanol–water partition coefficient (Wildman–Crippen LogP) is 2.91. The van der Waals surface area contributed by atoms with Crippen LogP contribution in [0.3, 0.4) is 0 Å². The summed E-state index contributed by atoms with van der Waals surface area (Å²) in [6.07, 6.45) is 5.12. The van der Waals surface area contributed by atoms with E-state index in [0.717, 1.165) is 18.1 Å². The number of benzene rings is 1. The first kappa shape index (κ1) is 9.68. The number of halogens is 1. The number of hydrogen-bond acceptors (Lipinski definition) is 1. The molecule has 0 amide bonds. The van der Waals surface area contributed by atoms with Crippen molar-refractivity contribution in [3.8, 4) is 0 Å². The third kappa shape index (κ3) is 1.49. The van der Waals surface area contributed by atoms with E-state index in [1.165, 1.54) is 36.8 Å². The maximum absolute atomic E-state index is 6.11. The Morgan fingerprint density at radius 1 is 1.13 bits per heavy atom. The molecule has 0 unspecified atom stereocenters. The summed E-state index contributed by atoms with van der Waals surface area (Å²) in [6, 6.07) is 6.45. The van der Waals surface area contributed by atoms with Gasteiger partial charge in [-0.15, -0.1) is 0 Å². The van der Waals surface area contributed by atoms with Crippen LogP contribution < -0.4 is 5.32 Å². The number of fused-ring (bicyclic) bond motifs is 2. The van der Waals surface area contributed by atoms with Gasteiger partial charge in [-0.2, -0.15) is 0 Å². The maximum Gasteiger partial charge on any atom is 0.0409 e. The SMILES string of the molecule is Clc1ccc2c(c1)C1(CCNCC1)CC2. The van der Waals surface area contributed by atoms with E-state index < -0.39 is 0 Å². The minimum Gasteiger partial charge on any atom is -0.317 e. The van der Waals surface area contributed by atoms with Crippen molar-refractivity contribution in [3.05, 3.63) is 34.3 Å². The Morgan fingerprint density at radius 3 is 2.73 bits per heavy atom. The molecule has 2 aliphatic rings. The molecule has 1 nitrogen and oxygen atoms in total. The van der Waals surface area contributed by atoms with Crippen LogP contribution >= 0.6 is 11.6 Å². The van der Waals surface area contributed by atoms with Gasteiger partial charge < -0.3 is 5.32 Å². The van der Waals surface area contributed by atoms with Crippen molar-refractivity contribution in [1.29, 1.82) is 0 Å². The van der Waals surface area contributed by atoms with Gasteiger partial charge >= 0.3 is 0 Å². The molecule has 1 spiro atoms. The molecule has 1 saturated heterocycles. The van der Waals surface area contributed by atoms with Crippen LogP contribution in [0.1, 0.15) is 30.4 Å². The molecule has 1 aliphatic heterocycles. The van der Waals surface area contributed by atoms with Crippen molar-refractivity contribution in [2.24, 2.45) is 0 Å². The molecule has 3 rings (SSSR count). The van der Waals surface area contributed by atoms with Gasteiger partial charge in [-0.25, -0.2) is 0 Å². The first-order valence-electron chi connectivity index (χ1n) is 5.80. The minimum atomic E-state index is 0.450. The average Bonchev–Trinajstić information content (AvgIpc) is 2.59. The molecule has 0 radical (unpaired) electrons. The highest BCUT2D eigenvalue weighted by Crippen LogP contribution is 2.45. The van der Waals surface area contributed by atoms with Gasteiger partial charge in [0.15, 0.2) is 0 Å². The van der Waals surface area contributed by atoms with Crippen LogP contribution in [0.2, 0.25) is 5.02 Å². The first-order chi connectivity index (χ1) is 7.30. The molecule has 1 heterocycles. The van der Waals surface area contributed by atoms with Crippen LogP contribution in [0.4, 0.5) is 0 Å². The molecule has 1 aliphatic carbocycles. The number of aryl methyl sites for hydroxylation is 1. The summed E-state index contributed by atoms with van der Waals surface area (Å²) >= 11 is 6.11. The molecule has 1 fully saturated rings. The molecule has 0 atom stereocenters. The molecular weight excluding hydrogens is 206 g/mol. The van der Waals surface area contributed by atoms with Gasteiger partial charge in [0.1, 0.15) is 0 Å². The van der Waals surface area contributed by atoms with Gasteiger partial charge in [-0.3, -0.25) is 0 Å². The monoisotopic (exact) mass is 221 g/mol. The van der Waals surface area contributed by atoms with Crippen LogP contribution in [-0.4, -0.2) is 13.1 Å². The Labute approximate surface area is 95.8 Å². The van der Waals surface area contributed by atoms with E-state index in [0.29, 0.717) is 5.41 Å². The molecule has 15 heavy (non-hydrogen) atoms. The molecule has 2 heteroatoms. The molecule has 1 aromatic carbocycles. The second-order valence-corrected chi connectivity index (χ2v) is 5.27. The minimum absolute atomic E-state index is 0.450. The normalized spacial score (nSPS) is 23.0. The highest BCUT2D eigenvalue weighted by atomic mass is 35.5. The second kappa shape index (κ2) is 3.50. The third-order valence-corrected chi connectivity index (χ3v) is 4.31. The zero-order valence-corrected chi connectivity index (χ0v) is 9.61. The summed E-state index contributed by atoms with van der Waals surface area (Å²) < 4.78 is 0. The van der Waals surface area contributed by atoms with Crippen molar-refractivity contribution in [2.45, 2.75) is 31.1 Å². The van der Waals surface area contributed by atoms with Crippen LogP contribution in [-0.2, 0) is 11.8 Å². The van der Waals surface area contributed by atoms with Gasteiger partial charge in [-0.05, 0) is 67.4 Å². The van der Waals surface area contributed by atoms with Crippen molar-refractivity contribution in [2.75, 3.05) is 13.1 Å². The van der Waals surface area contributed by atoms with Crippen molar-refractivity contribution < 1.29 is 0 Å². The molecule has 1 N–H and O–H groups in total. The summed E-state index contributed by atoms with van der Waals surface area (Å²) in [5.74, 6) is 0. The zero-order chi connectivity index (χ0) is 10.3. The fourth-order valence-corrected chi connectivity index (χ4v) is 3.37. The van der Waals surface area contributed by atoms with E-state index >= 15 is 0 Å². The van der Waals surface area contributed by atoms with Crippen molar-refractivity contribution in [3.63, 3.8) is 0 Å². The largest absolute Gasteiger partial charge is 0.317 e. The van der Waals surface area contributed by atoms with Crippen LogP contribution in [0.5, 0.6) is 0 Å².